The Hall–Kier alpha value is -7.38. The second kappa shape index (κ2) is 16.8. The third kappa shape index (κ3) is 6.56. The molecule has 2 saturated carbocycles. The highest BCUT2D eigenvalue weighted by atomic mass is 32.1. The number of para-hydroxylation sites is 1. The number of benzene rings is 8. The van der Waals surface area contributed by atoms with E-state index in [-0.39, 0.29) is 22.6 Å². The Morgan fingerprint density at radius 3 is 2.11 bits per heavy atom. The van der Waals surface area contributed by atoms with Crippen molar-refractivity contribution < 1.29 is 15.7 Å². The van der Waals surface area contributed by atoms with Crippen LogP contribution in [0.25, 0.3) is 82.0 Å². The van der Waals surface area contributed by atoms with Gasteiger partial charge in [-0.2, -0.15) is 0 Å². The number of imidazole rings is 1. The van der Waals surface area contributed by atoms with Crippen molar-refractivity contribution in [3.05, 3.63) is 204 Å². The minimum atomic E-state index is -3.35. The molecule has 74 heavy (non-hydrogen) atoms. The van der Waals surface area contributed by atoms with Gasteiger partial charge in [-0.05, 0) is 134 Å². The molecule has 4 aliphatic rings. The van der Waals surface area contributed by atoms with Gasteiger partial charge >= 0.3 is 0 Å². The van der Waals surface area contributed by atoms with Gasteiger partial charge < -0.3 is 4.74 Å². The molecule has 0 radical (unpaired) electrons. The number of nitrogens with zero attached hydrogens (tertiary/aromatic N) is 3. The SMILES string of the molecule is [2H]C1(c2ccc3c(c2)sc2nc4c(-c5ccc6c(c5)C(C([2H])([2H])[2H])(C([2H])([2H])[2H])c5cccc([Si](C)(c7ccccc7)c7ccc8c(c7)-c7ccccc7-c7ncccc7-c7ccccc7-8)c5O6)c(C5([2H])CCCC5)ccc4n23)CCCC1. The van der Waals surface area contributed by atoms with E-state index >= 15 is 0 Å². The van der Waals surface area contributed by atoms with Crippen molar-refractivity contribution in [1.82, 2.24) is 14.4 Å². The van der Waals surface area contributed by atoms with E-state index in [0.29, 0.717) is 29.5 Å². The fraction of sp³-hybridized carbons (Fsp3) is 0.206. The van der Waals surface area contributed by atoms with Crippen LogP contribution in [0.3, 0.4) is 0 Å². The van der Waals surface area contributed by atoms with Crippen LogP contribution in [0.5, 0.6) is 11.5 Å². The number of pyridine rings is 1. The summed E-state index contributed by atoms with van der Waals surface area (Å²) in [5, 5.41) is 2.81. The van der Waals surface area contributed by atoms with Crippen molar-refractivity contribution in [1.29, 1.82) is 0 Å². The fourth-order valence-electron chi connectivity index (χ4n) is 13.2. The average Bonchev–Trinajstić information content (AvgIpc) is 1.41. The van der Waals surface area contributed by atoms with Gasteiger partial charge in [0.1, 0.15) is 19.6 Å². The normalized spacial score (nSPS) is 19.4. The molecule has 1 aliphatic heterocycles. The first-order valence-corrected chi connectivity index (χ1v) is 29.5. The number of aromatic nitrogens is 3. The van der Waals surface area contributed by atoms with Gasteiger partial charge in [0, 0.05) is 50.4 Å². The van der Waals surface area contributed by atoms with E-state index in [1.54, 1.807) is 29.5 Å². The highest BCUT2D eigenvalue weighted by Crippen LogP contribution is 2.52. The second-order valence-electron chi connectivity index (χ2n) is 21.0. The first-order chi connectivity index (χ1) is 39.5. The number of thiazole rings is 1. The molecule has 0 bridgehead atoms. The average molecular weight is 1000 g/mol. The Labute approximate surface area is 449 Å². The van der Waals surface area contributed by atoms with Crippen molar-refractivity contribution in [3.63, 3.8) is 0 Å². The zero-order valence-electron chi connectivity index (χ0n) is 49.1. The number of hydrogen-bond donors (Lipinski definition) is 0. The third-order valence-corrected chi connectivity index (χ3v) is 22.4. The number of hydrogen-bond acceptors (Lipinski definition) is 4. The molecule has 2 fully saturated rings. The summed E-state index contributed by atoms with van der Waals surface area (Å²) in [4.78, 5) is 11.1. The van der Waals surface area contributed by atoms with Gasteiger partial charge in [-0.1, -0.05) is 197 Å². The molecule has 3 aliphatic carbocycles. The molecule has 4 heterocycles. The Kier molecular flexibility index (Phi) is 8.30. The maximum absolute atomic E-state index is 10.0. The highest BCUT2D eigenvalue weighted by molar-refractivity contribution is 7.23. The van der Waals surface area contributed by atoms with Crippen molar-refractivity contribution in [2.24, 2.45) is 0 Å². The molecule has 8 aromatic carbocycles. The van der Waals surface area contributed by atoms with Crippen molar-refractivity contribution in [2.45, 2.75) is 88.8 Å². The Bertz CT molecular complexity index is 4420. The van der Waals surface area contributed by atoms with Crippen LogP contribution in [0.2, 0.25) is 6.55 Å². The van der Waals surface area contributed by atoms with Gasteiger partial charge in [0.05, 0.1) is 26.9 Å². The van der Waals surface area contributed by atoms with E-state index < -0.39 is 39.0 Å². The largest absolute Gasteiger partial charge is 0.457 e. The molecule has 6 heteroatoms. The summed E-state index contributed by atoms with van der Waals surface area (Å²) < 4.78 is 87.8. The lowest BCUT2D eigenvalue weighted by Gasteiger charge is -2.39. The summed E-state index contributed by atoms with van der Waals surface area (Å²) in [6.07, 6.45) is 8.72. The molecule has 15 rings (SSSR count). The van der Waals surface area contributed by atoms with E-state index in [1.165, 1.54) is 0 Å². The smallest absolute Gasteiger partial charge is 0.195 e. The van der Waals surface area contributed by atoms with Crippen LogP contribution < -0.4 is 20.3 Å². The summed E-state index contributed by atoms with van der Waals surface area (Å²) in [5.41, 5.74) is 11.4. The van der Waals surface area contributed by atoms with Gasteiger partial charge in [-0.15, -0.1) is 0 Å². The van der Waals surface area contributed by atoms with Crippen LogP contribution >= 0.6 is 11.3 Å². The molecule has 1 atom stereocenters. The molecule has 0 N–H and O–H groups in total. The molecular weight excluding hydrogens is 935 g/mol. The minimum Gasteiger partial charge on any atom is -0.457 e. The van der Waals surface area contributed by atoms with Crippen LogP contribution in [0, 0.1) is 0 Å². The molecular formula is C68H57N3OSSi. The molecule has 3 aromatic heterocycles. The summed E-state index contributed by atoms with van der Waals surface area (Å²) in [6, 6.07) is 59.4. The lowest BCUT2D eigenvalue weighted by atomic mass is 9.74. The van der Waals surface area contributed by atoms with Gasteiger partial charge in [0.25, 0.3) is 0 Å². The van der Waals surface area contributed by atoms with E-state index in [0.717, 1.165) is 131 Å². The topological polar surface area (TPSA) is 39.4 Å². The van der Waals surface area contributed by atoms with Crippen LogP contribution in [0.1, 0.15) is 110 Å². The zero-order chi connectivity index (χ0) is 56.1. The van der Waals surface area contributed by atoms with Gasteiger partial charge in [0.2, 0.25) is 0 Å². The Morgan fingerprint density at radius 1 is 0.608 bits per heavy atom. The molecule has 0 saturated heterocycles. The monoisotopic (exact) mass is 999 g/mol. The summed E-state index contributed by atoms with van der Waals surface area (Å²) >= 11 is 1.58. The number of ether oxygens (including phenoxy) is 1. The van der Waals surface area contributed by atoms with E-state index in [9.17, 15) is 11.0 Å². The zero-order valence-corrected chi connectivity index (χ0v) is 43.0. The Balaban J connectivity index is 0.943. The molecule has 4 nitrogen and oxygen atoms in total. The maximum Gasteiger partial charge on any atom is 0.195 e. The minimum absolute atomic E-state index is 0.0478. The number of fused-ring (bicyclic) bond motifs is 15. The second-order valence-corrected chi connectivity index (χ2v) is 25.9. The third-order valence-electron chi connectivity index (χ3n) is 17.0. The first kappa shape index (κ1) is 36.5. The number of rotatable bonds is 6. The Morgan fingerprint density at radius 2 is 1.31 bits per heavy atom. The van der Waals surface area contributed by atoms with Gasteiger partial charge in [-0.3, -0.25) is 9.38 Å². The molecule has 0 spiro atoms. The fourth-order valence-corrected chi connectivity index (χ4v) is 18.0. The van der Waals surface area contributed by atoms with Crippen molar-refractivity contribution >= 4 is 61.2 Å². The molecule has 11 aromatic rings. The summed E-state index contributed by atoms with van der Waals surface area (Å²) in [6.45, 7) is -3.99. The molecule has 0 amide bonds. The van der Waals surface area contributed by atoms with Crippen LogP contribution in [-0.2, 0) is 5.41 Å². The van der Waals surface area contributed by atoms with E-state index in [2.05, 4.69) is 120 Å². The van der Waals surface area contributed by atoms with Crippen LogP contribution in [0.4, 0.5) is 0 Å². The maximum atomic E-state index is 10.0. The quantitative estimate of drug-likeness (QED) is 0.123. The summed E-state index contributed by atoms with van der Waals surface area (Å²) in [7, 11) is -3.35. The van der Waals surface area contributed by atoms with Crippen molar-refractivity contribution in [3.8, 4) is 67.3 Å². The van der Waals surface area contributed by atoms with Gasteiger partial charge in [-0.25, -0.2) is 4.98 Å². The van der Waals surface area contributed by atoms with Crippen LogP contribution in [-0.4, -0.2) is 22.4 Å². The highest BCUT2D eigenvalue weighted by Gasteiger charge is 2.43. The van der Waals surface area contributed by atoms with E-state index in [4.69, 9.17) is 14.7 Å². The lowest BCUT2D eigenvalue weighted by Crippen LogP contribution is -2.65. The van der Waals surface area contributed by atoms with Crippen molar-refractivity contribution in [2.75, 3.05) is 0 Å². The predicted molar refractivity (Wildman–Crippen MR) is 311 cm³/mol. The lowest BCUT2D eigenvalue weighted by molar-refractivity contribution is 0.421. The summed E-state index contributed by atoms with van der Waals surface area (Å²) in [5.74, 6) is -1.14. The molecule has 1 unspecified atom stereocenters. The van der Waals surface area contributed by atoms with Gasteiger partial charge in [0.15, 0.2) is 4.96 Å². The first-order valence-electron chi connectivity index (χ1n) is 30.2. The van der Waals surface area contributed by atoms with Crippen LogP contribution in [0.15, 0.2) is 182 Å². The standard InChI is InChI=1S/C68H57N3OSSi/c1-68(2)56-28-15-29-62(74(3,46-21-5-4-6-22-46)47-32-33-52-49-23-11-12-24-50(49)54-27-16-38-69-64(54)53-26-14-13-25-51(53)55(52)41-47)66(56)72-60-37-31-45(39-57(60)68)63-48(43-19-9-10-20-43)34-36-59-65(63)70-67-71(59)58-35-30-44(40-61(58)73-67)42-17-7-8-18-42/h4-6,11-16,21-43H,7-10,17-20H2,1-3H3/i1D3,2D3,42D,43D. The predicted octanol–water partition coefficient (Wildman–Crippen LogP) is 16.6. The molecule has 360 valence electrons. The van der Waals surface area contributed by atoms with E-state index in [1.807, 2.05) is 54.7 Å².